The van der Waals surface area contributed by atoms with Crippen LogP contribution in [0.5, 0.6) is 0 Å². The maximum atomic E-state index is 13.7. The van der Waals surface area contributed by atoms with Crippen LogP contribution >= 0.6 is 0 Å². The number of nitrogens with one attached hydrogen (secondary N) is 2. The predicted octanol–water partition coefficient (Wildman–Crippen LogP) is 2.27. The lowest BCUT2D eigenvalue weighted by molar-refractivity contribution is -0.159. The Hall–Kier alpha value is -4.79. The van der Waals surface area contributed by atoms with Gasteiger partial charge in [0.2, 0.25) is 11.8 Å². The quantitative estimate of drug-likeness (QED) is 0.301. The minimum atomic E-state index is -1.21. The number of carbonyl (C=O) groups is 5. The third kappa shape index (κ3) is 3.89. The van der Waals surface area contributed by atoms with Crippen LogP contribution in [-0.4, -0.2) is 47.1 Å². The molecule has 0 spiro atoms. The summed E-state index contributed by atoms with van der Waals surface area (Å²) in [7, 11) is 0. The number of hydrogen-bond donors (Lipinski definition) is 2. The second kappa shape index (κ2) is 9.50. The van der Waals surface area contributed by atoms with E-state index in [1.807, 2.05) is 48.5 Å². The molecule has 0 saturated carbocycles. The smallest absolute Gasteiger partial charge is 0.329 e. The fourth-order valence-corrected chi connectivity index (χ4v) is 6.27. The summed E-state index contributed by atoms with van der Waals surface area (Å²) in [5.74, 6) is -4.79. The summed E-state index contributed by atoms with van der Waals surface area (Å²) in [6, 6.07) is 22.8. The van der Waals surface area contributed by atoms with Gasteiger partial charge in [-0.2, -0.15) is 0 Å². The van der Waals surface area contributed by atoms with Gasteiger partial charge in [-0.1, -0.05) is 66.7 Å². The fraction of sp³-hybridized carbons (Fsp3) is 0.233. The van der Waals surface area contributed by atoms with Crippen LogP contribution < -0.4 is 10.9 Å². The van der Waals surface area contributed by atoms with Gasteiger partial charge in [-0.3, -0.25) is 34.9 Å². The molecule has 196 valence electrons. The Bertz CT molecular complexity index is 1400. The molecule has 9 heteroatoms. The first-order valence-electron chi connectivity index (χ1n) is 12.7. The van der Waals surface area contributed by atoms with E-state index in [0.29, 0.717) is 5.56 Å². The standard InChI is InChI=1S/C30H25N3O6/c1-16(30(38)39-15-22(34)31-32-27(35)17-9-3-2-4-10-17)33-28(36)25-23-18-11-5-6-12-19(18)24(26(25)29(33)37)21-14-8-7-13-20(21)23/h2-14,16,23-26H,15H2,1H3,(H,31,34)(H,32,35)/t16-,23?,24?,25-,26-/m1/s1. The van der Waals surface area contributed by atoms with Gasteiger partial charge in [0.15, 0.2) is 6.61 Å². The fourth-order valence-electron chi connectivity index (χ4n) is 6.27. The Kier molecular flexibility index (Phi) is 5.98. The number of likely N-dealkylation sites (tertiary alicyclic amines) is 1. The minimum absolute atomic E-state index is 0.281. The SMILES string of the molecule is C[C@H](C(=O)OCC(=O)NNC(=O)c1ccccc1)N1C(=O)[C@@H]2C3c4ccccc4C(c4ccccc43)[C@H]2C1=O. The lowest BCUT2D eigenvalue weighted by atomic mass is 9.55. The van der Waals surface area contributed by atoms with Crippen molar-refractivity contribution in [2.75, 3.05) is 6.61 Å². The van der Waals surface area contributed by atoms with Crippen LogP contribution in [0.15, 0.2) is 78.9 Å². The normalized spacial score (nSPS) is 22.8. The third-order valence-electron chi connectivity index (χ3n) is 7.91. The number of hydrogen-bond acceptors (Lipinski definition) is 6. The zero-order valence-electron chi connectivity index (χ0n) is 21.0. The lowest BCUT2D eigenvalue weighted by Crippen LogP contribution is -2.47. The maximum absolute atomic E-state index is 13.7. The van der Waals surface area contributed by atoms with Gasteiger partial charge in [-0.15, -0.1) is 0 Å². The number of benzene rings is 3. The highest BCUT2D eigenvalue weighted by Gasteiger charge is 2.62. The van der Waals surface area contributed by atoms with E-state index in [1.165, 1.54) is 6.92 Å². The van der Waals surface area contributed by atoms with Crippen molar-refractivity contribution in [3.63, 3.8) is 0 Å². The second-order valence-electron chi connectivity index (χ2n) is 9.96. The van der Waals surface area contributed by atoms with Crippen molar-refractivity contribution in [3.8, 4) is 0 Å². The van der Waals surface area contributed by atoms with Crippen molar-refractivity contribution < 1.29 is 28.7 Å². The molecule has 39 heavy (non-hydrogen) atoms. The van der Waals surface area contributed by atoms with Crippen LogP contribution in [0.25, 0.3) is 0 Å². The summed E-state index contributed by atoms with van der Waals surface area (Å²) in [5.41, 5.74) is 8.91. The van der Waals surface area contributed by atoms with E-state index in [1.54, 1.807) is 30.3 Å². The highest BCUT2D eigenvalue weighted by atomic mass is 16.5. The molecular weight excluding hydrogens is 498 g/mol. The molecule has 0 unspecified atom stereocenters. The highest BCUT2D eigenvalue weighted by Crippen LogP contribution is 2.61. The molecule has 1 fully saturated rings. The Morgan fingerprint density at radius 1 is 0.744 bits per heavy atom. The largest absolute Gasteiger partial charge is 0.454 e. The summed E-state index contributed by atoms with van der Waals surface area (Å²) in [5, 5.41) is 0. The molecule has 1 saturated heterocycles. The summed E-state index contributed by atoms with van der Waals surface area (Å²) < 4.78 is 5.11. The van der Waals surface area contributed by atoms with Crippen molar-refractivity contribution in [2.45, 2.75) is 24.8 Å². The van der Waals surface area contributed by atoms with Gasteiger partial charge < -0.3 is 4.74 Å². The number of esters is 1. The zero-order valence-corrected chi connectivity index (χ0v) is 21.0. The van der Waals surface area contributed by atoms with Gasteiger partial charge in [0.05, 0.1) is 11.8 Å². The first-order valence-corrected chi connectivity index (χ1v) is 12.7. The molecule has 7 rings (SSSR count). The zero-order chi connectivity index (χ0) is 27.3. The average molecular weight is 524 g/mol. The van der Waals surface area contributed by atoms with Crippen molar-refractivity contribution in [1.29, 1.82) is 0 Å². The van der Waals surface area contributed by atoms with Crippen molar-refractivity contribution >= 4 is 29.6 Å². The summed E-state index contributed by atoms with van der Waals surface area (Å²) in [4.78, 5) is 65.6. The Morgan fingerprint density at radius 2 is 1.21 bits per heavy atom. The van der Waals surface area contributed by atoms with Crippen LogP contribution in [0, 0.1) is 11.8 Å². The van der Waals surface area contributed by atoms with Crippen LogP contribution in [0.2, 0.25) is 0 Å². The number of amides is 4. The first-order chi connectivity index (χ1) is 18.9. The van der Waals surface area contributed by atoms with E-state index >= 15 is 0 Å². The molecule has 9 nitrogen and oxygen atoms in total. The average Bonchev–Trinajstić information content (AvgIpc) is 3.24. The van der Waals surface area contributed by atoms with Crippen molar-refractivity contribution in [3.05, 3.63) is 107 Å². The molecular formula is C30H25N3O6. The van der Waals surface area contributed by atoms with E-state index in [9.17, 15) is 24.0 Å². The Balaban J connectivity index is 1.15. The Labute approximate surface area is 224 Å². The van der Waals surface area contributed by atoms with Crippen LogP contribution in [-0.2, 0) is 23.9 Å². The highest BCUT2D eigenvalue weighted by molar-refractivity contribution is 6.10. The molecule has 3 aromatic rings. The van der Waals surface area contributed by atoms with Crippen LogP contribution in [0.3, 0.4) is 0 Å². The van der Waals surface area contributed by atoms with E-state index in [4.69, 9.17) is 4.74 Å². The van der Waals surface area contributed by atoms with E-state index in [0.717, 1.165) is 27.2 Å². The molecule has 1 aliphatic heterocycles. The molecule has 4 amide bonds. The van der Waals surface area contributed by atoms with Gasteiger partial charge in [-0.25, -0.2) is 4.79 Å². The third-order valence-corrected chi connectivity index (χ3v) is 7.91. The molecule has 0 aromatic heterocycles. The van der Waals surface area contributed by atoms with Gasteiger partial charge in [-0.05, 0) is 41.3 Å². The number of nitrogens with zero attached hydrogens (tertiary/aromatic N) is 1. The molecule has 2 N–H and O–H groups in total. The van der Waals surface area contributed by atoms with Crippen molar-refractivity contribution in [1.82, 2.24) is 15.8 Å². The molecule has 3 aromatic carbocycles. The topological polar surface area (TPSA) is 122 Å². The Morgan fingerprint density at radius 3 is 1.69 bits per heavy atom. The second-order valence-corrected chi connectivity index (χ2v) is 9.96. The summed E-state index contributed by atoms with van der Waals surface area (Å²) >= 11 is 0. The lowest BCUT2D eigenvalue weighted by Gasteiger charge is -2.45. The van der Waals surface area contributed by atoms with Crippen LogP contribution in [0.4, 0.5) is 0 Å². The maximum Gasteiger partial charge on any atom is 0.329 e. The van der Waals surface area contributed by atoms with Crippen LogP contribution in [0.1, 0.15) is 51.4 Å². The minimum Gasteiger partial charge on any atom is -0.454 e. The number of hydrazine groups is 1. The number of rotatable bonds is 5. The molecule has 3 aliphatic carbocycles. The van der Waals surface area contributed by atoms with Gasteiger partial charge in [0.25, 0.3) is 11.8 Å². The monoisotopic (exact) mass is 523 g/mol. The molecule has 1 heterocycles. The molecule has 3 atom stereocenters. The number of imide groups is 1. The summed E-state index contributed by atoms with van der Waals surface area (Å²) in [6.45, 7) is 0.732. The number of ether oxygens (including phenoxy) is 1. The predicted molar refractivity (Wildman–Crippen MR) is 138 cm³/mol. The summed E-state index contributed by atoms with van der Waals surface area (Å²) in [6.07, 6.45) is 0. The van der Waals surface area contributed by atoms with Gasteiger partial charge in [0.1, 0.15) is 6.04 Å². The first kappa shape index (κ1) is 24.5. The van der Waals surface area contributed by atoms with E-state index < -0.39 is 54.1 Å². The molecule has 2 bridgehead atoms. The van der Waals surface area contributed by atoms with Gasteiger partial charge in [0, 0.05) is 17.4 Å². The van der Waals surface area contributed by atoms with Gasteiger partial charge >= 0.3 is 5.97 Å². The molecule has 4 aliphatic rings. The number of carbonyl (C=O) groups excluding carboxylic acids is 5. The van der Waals surface area contributed by atoms with E-state index in [-0.39, 0.29) is 11.8 Å². The molecule has 0 radical (unpaired) electrons. The van der Waals surface area contributed by atoms with E-state index in [2.05, 4.69) is 10.9 Å². The van der Waals surface area contributed by atoms with Crippen molar-refractivity contribution in [2.24, 2.45) is 11.8 Å².